The molecule has 148 valence electrons. The number of hydrogen-bond acceptors (Lipinski definition) is 6. The van der Waals surface area contributed by atoms with E-state index in [9.17, 15) is 10.1 Å². The number of ether oxygens (including phenoxy) is 1. The number of benzene rings is 1. The van der Waals surface area contributed by atoms with E-state index in [-0.39, 0.29) is 22.3 Å². The van der Waals surface area contributed by atoms with E-state index in [1.807, 2.05) is 6.07 Å². The van der Waals surface area contributed by atoms with Crippen LogP contribution in [0.15, 0.2) is 48.8 Å². The second kappa shape index (κ2) is 7.85. The summed E-state index contributed by atoms with van der Waals surface area (Å²) >= 11 is 0. The van der Waals surface area contributed by atoms with Crippen molar-refractivity contribution in [3.63, 3.8) is 0 Å². The molecule has 1 spiro atoms. The lowest BCUT2D eigenvalue weighted by Gasteiger charge is -2.49. The lowest BCUT2D eigenvalue weighted by Crippen LogP contribution is -2.59. The van der Waals surface area contributed by atoms with Crippen LogP contribution < -0.4 is 4.90 Å². The highest BCUT2D eigenvalue weighted by molar-refractivity contribution is 5.61. The van der Waals surface area contributed by atoms with Crippen LogP contribution in [0.25, 0.3) is 0 Å². The maximum Gasteiger partial charge on any atom is 0.310 e. The Hall–Kier alpha value is -2.51. The molecular weight excluding hydrogens is 356 g/mol. The van der Waals surface area contributed by atoms with Gasteiger partial charge >= 0.3 is 5.69 Å². The van der Waals surface area contributed by atoms with Gasteiger partial charge in [0, 0.05) is 38.9 Å². The summed E-state index contributed by atoms with van der Waals surface area (Å²) < 4.78 is 6.43. The summed E-state index contributed by atoms with van der Waals surface area (Å²) in [7, 11) is 0. The van der Waals surface area contributed by atoms with Gasteiger partial charge in [-0.05, 0) is 31.4 Å². The Balaban J connectivity index is 1.45. The van der Waals surface area contributed by atoms with Crippen LogP contribution in [0.4, 0.5) is 11.4 Å². The maximum absolute atomic E-state index is 11.3. The minimum absolute atomic E-state index is 0.0714. The molecule has 0 aliphatic carbocycles. The van der Waals surface area contributed by atoms with E-state index in [1.54, 1.807) is 12.3 Å². The second-order valence-corrected chi connectivity index (χ2v) is 7.88. The van der Waals surface area contributed by atoms with Crippen LogP contribution in [0.3, 0.4) is 0 Å². The highest BCUT2D eigenvalue weighted by Gasteiger charge is 2.42. The van der Waals surface area contributed by atoms with E-state index >= 15 is 0 Å². The number of hydrogen-bond donors (Lipinski definition) is 0. The third kappa shape index (κ3) is 4.00. The number of nitrogens with zero attached hydrogens (tertiary/aromatic N) is 4. The summed E-state index contributed by atoms with van der Waals surface area (Å²) in [4.78, 5) is 19.5. The quantitative estimate of drug-likeness (QED) is 0.597. The molecule has 3 heterocycles. The first kappa shape index (κ1) is 18.8. The number of nitro groups is 1. The van der Waals surface area contributed by atoms with Gasteiger partial charge in [0.15, 0.2) is 0 Å². The average molecular weight is 382 g/mol. The molecule has 0 radical (unpaired) electrons. The van der Waals surface area contributed by atoms with Gasteiger partial charge in [-0.1, -0.05) is 30.3 Å². The minimum atomic E-state index is -0.354. The highest BCUT2D eigenvalue weighted by atomic mass is 16.6. The molecular formula is C21H26N4O3. The van der Waals surface area contributed by atoms with E-state index < -0.39 is 0 Å². The standard InChI is InChI=1S/C21H26N4O3/c1-17-14-23(15-18-5-3-2-4-6-18)16-21(28-17)8-11-24(12-9-21)19-7-10-22-13-20(19)25(26)27/h2-7,10,13,17H,8-9,11-12,14-16H2,1H3. The Kier molecular flexibility index (Phi) is 5.28. The number of rotatable bonds is 4. The van der Waals surface area contributed by atoms with Gasteiger partial charge in [-0.15, -0.1) is 0 Å². The molecule has 0 amide bonds. The third-order valence-electron chi connectivity index (χ3n) is 5.72. The summed E-state index contributed by atoms with van der Waals surface area (Å²) in [5.74, 6) is 0. The molecule has 1 atom stereocenters. The zero-order valence-electron chi connectivity index (χ0n) is 16.2. The molecule has 2 aromatic rings. The van der Waals surface area contributed by atoms with Crippen molar-refractivity contribution in [2.24, 2.45) is 0 Å². The summed E-state index contributed by atoms with van der Waals surface area (Å²) in [6.07, 6.45) is 4.86. The second-order valence-electron chi connectivity index (χ2n) is 7.88. The normalized spacial score (nSPS) is 22.3. The van der Waals surface area contributed by atoms with Crippen molar-refractivity contribution < 1.29 is 9.66 Å². The van der Waals surface area contributed by atoms with Crippen LogP contribution in [0.1, 0.15) is 25.3 Å². The van der Waals surface area contributed by atoms with Gasteiger partial charge in [0.25, 0.3) is 0 Å². The molecule has 0 N–H and O–H groups in total. The molecule has 1 aromatic heterocycles. The molecule has 1 aromatic carbocycles. The fraction of sp³-hybridized carbons (Fsp3) is 0.476. The molecule has 28 heavy (non-hydrogen) atoms. The number of morpholine rings is 1. The first-order valence-corrected chi connectivity index (χ1v) is 9.82. The van der Waals surface area contributed by atoms with Crippen LogP contribution in [0.5, 0.6) is 0 Å². The highest BCUT2D eigenvalue weighted by Crippen LogP contribution is 2.36. The minimum Gasteiger partial charge on any atom is -0.369 e. The van der Waals surface area contributed by atoms with Gasteiger partial charge in [-0.25, -0.2) is 0 Å². The van der Waals surface area contributed by atoms with Crippen LogP contribution in [0.2, 0.25) is 0 Å². The van der Waals surface area contributed by atoms with Crippen LogP contribution in [0, 0.1) is 10.1 Å². The predicted octanol–water partition coefficient (Wildman–Crippen LogP) is 3.25. The lowest BCUT2D eigenvalue weighted by atomic mass is 9.88. The zero-order valence-corrected chi connectivity index (χ0v) is 16.2. The van der Waals surface area contributed by atoms with Crippen molar-refractivity contribution in [1.82, 2.24) is 9.88 Å². The van der Waals surface area contributed by atoms with Gasteiger partial charge in [-0.2, -0.15) is 0 Å². The Morgan fingerprint density at radius 2 is 2.00 bits per heavy atom. The maximum atomic E-state index is 11.3. The molecule has 2 saturated heterocycles. The number of pyridine rings is 1. The van der Waals surface area contributed by atoms with Crippen LogP contribution in [-0.2, 0) is 11.3 Å². The predicted molar refractivity (Wildman–Crippen MR) is 107 cm³/mol. The Bertz CT molecular complexity index is 821. The van der Waals surface area contributed by atoms with Crippen molar-refractivity contribution in [1.29, 1.82) is 0 Å². The first-order chi connectivity index (χ1) is 13.5. The number of piperidine rings is 1. The molecule has 0 saturated carbocycles. The monoisotopic (exact) mass is 382 g/mol. The van der Waals surface area contributed by atoms with E-state index in [1.165, 1.54) is 11.8 Å². The van der Waals surface area contributed by atoms with Crippen molar-refractivity contribution in [2.45, 2.75) is 38.0 Å². The molecule has 0 bridgehead atoms. The van der Waals surface area contributed by atoms with Gasteiger partial charge in [-0.3, -0.25) is 20.0 Å². The van der Waals surface area contributed by atoms with Crippen molar-refractivity contribution in [3.05, 3.63) is 64.5 Å². The Labute approximate surface area is 165 Å². The molecule has 2 aliphatic rings. The first-order valence-electron chi connectivity index (χ1n) is 9.82. The Morgan fingerprint density at radius 3 is 2.71 bits per heavy atom. The summed E-state index contributed by atoms with van der Waals surface area (Å²) in [5.41, 5.74) is 1.86. The SMILES string of the molecule is CC1CN(Cc2ccccc2)CC2(CCN(c3ccncc3[N+](=O)[O-])CC2)O1. The average Bonchev–Trinajstić information content (AvgIpc) is 2.69. The lowest BCUT2D eigenvalue weighted by molar-refractivity contribution is -0.384. The largest absolute Gasteiger partial charge is 0.369 e. The Morgan fingerprint density at radius 1 is 1.25 bits per heavy atom. The molecule has 2 aliphatic heterocycles. The zero-order chi connectivity index (χ0) is 19.6. The van der Waals surface area contributed by atoms with Crippen molar-refractivity contribution >= 4 is 11.4 Å². The molecule has 2 fully saturated rings. The smallest absolute Gasteiger partial charge is 0.310 e. The number of aromatic nitrogens is 1. The van der Waals surface area contributed by atoms with E-state index in [0.717, 1.165) is 45.6 Å². The van der Waals surface area contributed by atoms with Crippen molar-refractivity contribution in [3.8, 4) is 0 Å². The third-order valence-corrected chi connectivity index (χ3v) is 5.72. The summed E-state index contributed by atoms with van der Waals surface area (Å²) in [5, 5.41) is 11.3. The van der Waals surface area contributed by atoms with Gasteiger partial charge in [0.2, 0.25) is 0 Å². The van der Waals surface area contributed by atoms with Crippen LogP contribution in [-0.4, -0.2) is 52.7 Å². The van der Waals surface area contributed by atoms with Gasteiger partial charge in [0.05, 0.1) is 16.6 Å². The van der Waals surface area contributed by atoms with Gasteiger partial charge in [0.1, 0.15) is 11.9 Å². The fourth-order valence-corrected chi connectivity index (χ4v) is 4.52. The number of anilines is 1. The van der Waals surface area contributed by atoms with E-state index in [2.05, 4.69) is 46.0 Å². The molecule has 7 nitrogen and oxygen atoms in total. The topological polar surface area (TPSA) is 71.7 Å². The molecule has 1 unspecified atom stereocenters. The molecule has 4 rings (SSSR count). The van der Waals surface area contributed by atoms with Gasteiger partial charge < -0.3 is 9.64 Å². The van der Waals surface area contributed by atoms with E-state index in [4.69, 9.17) is 4.74 Å². The summed E-state index contributed by atoms with van der Waals surface area (Å²) in [6.45, 7) is 6.39. The fourth-order valence-electron chi connectivity index (χ4n) is 4.52. The van der Waals surface area contributed by atoms with E-state index in [0.29, 0.717) is 5.69 Å². The molecule has 7 heteroatoms. The van der Waals surface area contributed by atoms with Crippen molar-refractivity contribution in [2.75, 3.05) is 31.1 Å². The van der Waals surface area contributed by atoms with Crippen LogP contribution >= 0.6 is 0 Å². The summed E-state index contributed by atoms with van der Waals surface area (Å²) in [6, 6.07) is 12.3.